The SMILES string of the molecule is NCCOCC(=O)N1CCc2ccccc21. The minimum absolute atomic E-state index is 0.0124. The van der Waals surface area contributed by atoms with Gasteiger partial charge in [-0.3, -0.25) is 4.79 Å². The summed E-state index contributed by atoms with van der Waals surface area (Å²) < 4.78 is 5.16. The highest BCUT2D eigenvalue weighted by Gasteiger charge is 2.23. The molecule has 1 aromatic rings. The molecule has 0 aromatic heterocycles. The predicted molar refractivity (Wildman–Crippen MR) is 62.4 cm³/mol. The number of fused-ring (bicyclic) bond motifs is 1. The molecule has 4 nitrogen and oxygen atoms in total. The van der Waals surface area contributed by atoms with Gasteiger partial charge in [0.15, 0.2) is 0 Å². The molecule has 1 amide bonds. The highest BCUT2D eigenvalue weighted by Crippen LogP contribution is 2.27. The summed E-state index contributed by atoms with van der Waals surface area (Å²) in [5.74, 6) is 0.0124. The normalized spacial score (nSPS) is 13.9. The summed E-state index contributed by atoms with van der Waals surface area (Å²) in [5, 5.41) is 0. The first-order valence-corrected chi connectivity index (χ1v) is 5.49. The minimum atomic E-state index is 0.0124. The Morgan fingerprint density at radius 2 is 2.25 bits per heavy atom. The van der Waals surface area contributed by atoms with Gasteiger partial charge in [-0.2, -0.15) is 0 Å². The molecule has 86 valence electrons. The zero-order valence-electron chi connectivity index (χ0n) is 9.19. The van der Waals surface area contributed by atoms with E-state index in [0.29, 0.717) is 13.2 Å². The standard InChI is InChI=1S/C12H16N2O2/c13-6-8-16-9-12(15)14-7-5-10-3-1-2-4-11(10)14/h1-4H,5-9,13H2. The van der Waals surface area contributed by atoms with Crippen molar-refractivity contribution in [3.05, 3.63) is 29.8 Å². The molecule has 0 saturated carbocycles. The van der Waals surface area contributed by atoms with Crippen LogP contribution < -0.4 is 10.6 Å². The minimum Gasteiger partial charge on any atom is -0.370 e. The molecule has 0 unspecified atom stereocenters. The second-order valence-corrected chi connectivity index (χ2v) is 3.77. The van der Waals surface area contributed by atoms with E-state index in [9.17, 15) is 4.79 Å². The molecule has 0 radical (unpaired) electrons. The lowest BCUT2D eigenvalue weighted by Gasteiger charge is -2.17. The predicted octanol–water partition coefficient (Wildman–Crippen LogP) is 0.551. The van der Waals surface area contributed by atoms with Gasteiger partial charge in [-0.1, -0.05) is 18.2 Å². The topological polar surface area (TPSA) is 55.6 Å². The lowest BCUT2D eigenvalue weighted by atomic mass is 10.2. The number of hydrogen-bond acceptors (Lipinski definition) is 3. The molecular weight excluding hydrogens is 204 g/mol. The molecular formula is C12H16N2O2. The van der Waals surface area contributed by atoms with Gasteiger partial charge < -0.3 is 15.4 Å². The fraction of sp³-hybridized carbons (Fsp3) is 0.417. The van der Waals surface area contributed by atoms with Gasteiger partial charge >= 0.3 is 0 Å². The molecule has 0 aliphatic carbocycles. The van der Waals surface area contributed by atoms with Crippen LogP contribution in [0.4, 0.5) is 5.69 Å². The van der Waals surface area contributed by atoms with E-state index < -0.39 is 0 Å². The van der Waals surface area contributed by atoms with Crippen molar-refractivity contribution in [2.24, 2.45) is 5.73 Å². The van der Waals surface area contributed by atoms with Crippen LogP contribution in [0.15, 0.2) is 24.3 Å². The van der Waals surface area contributed by atoms with Crippen LogP contribution in [0.25, 0.3) is 0 Å². The summed E-state index contributed by atoms with van der Waals surface area (Å²) in [6.45, 7) is 1.75. The lowest BCUT2D eigenvalue weighted by Crippen LogP contribution is -2.32. The Hall–Kier alpha value is -1.39. The van der Waals surface area contributed by atoms with E-state index in [4.69, 9.17) is 10.5 Å². The van der Waals surface area contributed by atoms with E-state index >= 15 is 0 Å². The lowest BCUT2D eigenvalue weighted by molar-refractivity contribution is -0.122. The molecule has 1 heterocycles. The molecule has 1 aliphatic rings. The molecule has 2 rings (SSSR count). The van der Waals surface area contributed by atoms with Crippen molar-refractivity contribution in [2.45, 2.75) is 6.42 Å². The number of anilines is 1. The number of rotatable bonds is 4. The quantitative estimate of drug-likeness (QED) is 0.754. The van der Waals surface area contributed by atoms with Gasteiger partial charge in [0.1, 0.15) is 6.61 Å². The first kappa shape index (κ1) is 11.1. The largest absolute Gasteiger partial charge is 0.370 e. The van der Waals surface area contributed by atoms with Gasteiger partial charge in [0.2, 0.25) is 0 Å². The maximum absolute atomic E-state index is 11.8. The van der Waals surface area contributed by atoms with Crippen molar-refractivity contribution in [3.8, 4) is 0 Å². The van der Waals surface area contributed by atoms with Gasteiger partial charge in [0.25, 0.3) is 5.91 Å². The Morgan fingerprint density at radius 1 is 1.44 bits per heavy atom. The van der Waals surface area contributed by atoms with Crippen molar-refractivity contribution in [1.29, 1.82) is 0 Å². The molecule has 16 heavy (non-hydrogen) atoms. The van der Waals surface area contributed by atoms with Crippen LogP contribution in [-0.4, -0.2) is 32.2 Å². The van der Waals surface area contributed by atoms with Crippen LogP contribution >= 0.6 is 0 Å². The van der Waals surface area contributed by atoms with Crippen LogP contribution in [0.2, 0.25) is 0 Å². The number of benzene rings is 1. The van der Waals surface area contributed by atoms with Crippen molar-refractivity contribution in [1.82, 2.24) is 0 Å². The number of nitrogens with zero attached hydrogens (tertiary/aromatic N) is 1. The Kier molecular flexibility index (Phi) is 3.54. The number of nitrogens with two attached hydrogens (primary N) is 1. The second kappa shape index (κ2) is 5.09. The van der Waals surface area contributed by atoms with Gasteiger partial charge in [0.05, 0.1) is 6.61 Å². The number of ether oxygens (including phenoxy) is 1. The van der Waals surface area contributed by atoms with Crippen LogP contribution in [0.1, 0.15) is 5.56 Å². The maximum atomic E-state index is 11.8. The molecule has 0 atom stereocenters. The first-order valence-electron chi connectivity index (χ1n) is 5.49. The molecule has 0 spiro atoms. The van der Waals surface area contributed by atoms with Crippen molar-refractivity contribution in [2.75, 3.05) is 31.2 Å². The second-order valence-electron chi connectivity index (χ2n) is 3.77. The third-order valence-electron chi connectivity index (χ3n) is 2.68. The van der Waals surface area contributed by atoms with Gasteiger partial charge in [0, 0.05) is 18.8 Å². The zero-order valence-corrected chi connectivity index (χ0v) is 9.19. The number of carbonyl (C=O) groups is 1. The summed E-state index contributed by atoms with van der Waals surface area (Å²) in [6.07, 6.45) is 0.929. The van der Waals surface area contributed by atoms with Crippen LogP contribution in [0.5, 0.6) is 0 Å². The molecule has 0 saturated heterocycles. The van der Waals surface area contributed by atoms with Gasteiger partial charge in [-0.15, -0.1) is 0 Å². The highest BCUT2D eigenvalue weighted by molar-refractivity contribution is 5.96. The smallest absolute Gasteiger partial charge is 0.252 e. The van der Waals surface area contributed by atoms with Crippen molar-refractivity contribution in [3.63, 3.8) is 0 Å². The number of amides is 1. The van der Waals surface area contributed by atoms with E-state index in [0.717, 1.165) is 18.7 Å². The van der Waals surface area contributed by atoms with Crippen molar-refractivity contribution < 1.29 is 9.53 Å². The summed E-state index contributed by atoms with van der Waals surface area (Å²) in [6, 6.07) is 7.98. The Balaban J connectivity index is 1.99. The van der Waals surface area contributed by atoms with E-state index in [2.05, 4.69) is 6.07 Å². The fourth-order valence-electron chi connectivity index (χ4n) is 1.92. The van der Waals surface area contributed by atoms with Gasteiger partial charge in [-0.25, -0.2) is 0 Å². The molecule has 0 bridgehead atoms. The summed E-state index contributed by atoms with van der Waals surface area (Å²) in [5.41, 5.74) is 7.54. The number of hydrogen-bond donors (Lipinski definition) is 1. The molecule has 1 aliphatic heterocycles. The van der Waals surface area contributed by atoms with E-state index in [1.807, 2.05) is 18.2 Å². The molecule has 4 heteroatoms. The average Bonchev–Trinajstić information content (AvgIpc) is 2.73. The third kappa shape index (κ3) is 2.23. The van der Waals surface area contributed by atoms with E-state index in [-0.39, 0.29) is 12.5 Å². The third-order valence-corrected chi connectivity index (χ3v) is 2.68. The Bertz CT molecular complexity index is 379. The number of para-hydroxylation sites is 1. The monoisotopic (exact) mass is 220 g/mol. The van der Waals surface area contributed by atoms with Crippen LogP contribution in [0, 0.1) is 0 Å². The number of carbonyl (C=O) groups excluding carboxylic acids is 1. The van der Waals surface area contributed by atoms with Gasteiger partial charge in [-0.05, 0) is 18.1 Å². The van der Waals surface area contributed by atoms with Crippen LogP contribution in [-0.2, 0) is 16.0 Å². The van der Waals surface area contributed by atoms with E-state index in [1.165, 1.54) is 5.56 Å². The Morgan fingerprint density at radius 3 is 3.06 bits per heavy atom. The maximum Gasteiger partial charge on any atom is 0.252 e. The first-order chi connectivity index (χ1) is 7.83. The summed E-state index contributed by atoms with van der Waals surface area (Å²) >= 11 is 0. The zero-order chi connectivity index (χ0) is 11.4. The molecule has 2 N–H and O–H groups in total. The summed E-state index contributed by atoms with van der Waals surface area (Å²) in [4.78, 5) is 13.6. The van der Waals surface area contributed by atoms with Crippen LogP contribution in [0.3, 0.4) is 0 Å². The molecule has 0 fully saturated rings. The van der Waals surface area contributed by atoms with E-state index in [1.54, 1.807) is 4.90 Å². The molecule has 1 aromatic carbocycles. The average molecular weight is 220 g/mol. The van der Waals surface area contributed by atoms with Crippen molar-refractivity contribution >= 4 is 11.6 Å². The fourth-order valence-corrected chi connectivity index (χ4v) is 1.92. The highest BCUT2D eigenvalue weighted by atomic mass is 16.5. The summed E-state index contributed by atoms with van der Waals surface area (Å²) in [7, 11) is 0. The Labute approximate surface area is 95.0 Å².